The Morgan fingerprint density at radius 1 is 1.15 bits per heavy atom. The number of rotatable bonds is 6. The maximum Gasteiger partial charge on any atom is 0.191 e. The minimum Gasteiger partial charge on any atom is -0.497 e. The molecule has 0 bridgehead atoms. The molecule has 0 saturated heterocycles. The smallest absolute Gasteiger partial charge is 0.191 e. The number of aromatic amines is 1. The van der Waals surface area contributed by atoms with Crippen molar-refractivity contribution in [3.05, 3.63) is 65.4 Å². The number of hydrogen-bond donors (Lipinski definition) is 3. The molecule has 0 spiro atoms. The molecular formula is C21H26N4O. The van der Waals surface area contributed by atoms with Crippen LogP contribution < -0.4 is 15.4 Å². The molecule has 0 radical (unpaired) electrons. The summed E-state index contributed by atoms with van der Waals surface area (Å²) in [5, 5.41) is 8.05. The van der Waals surface area contributed by atoms with Gasteiger partial charge < -0.3 is 20.4 Å². The molecule has 0 amide bonds. The first-order chi connectivity index (χ1) is 12.7. The van der Waals surface area contributed by atoms with Crippen molar-refractivity contribution in [2.75, 3.05) is 20.7 Å². The Balaban J connectivity index is 1.54. The summed E-state index contributed by atoms with van der Waals surface area (Å²) >= 11 is 0. The van der Waals surface area contributed by atoms with Gasteiger partial charge in [0.15, 0.2) is 5.96 Å². The molecule has 5 nitrogen and oxygen atoms in total. The summed E-state index contributed by atoms with van der Waals surface area (Å²) < 4.78 is 5.26. The van der Waals surface area contributed by atoms with E-state index < -0.39 is 0 Å². The van der Waals surface area contributed by atoms with Crippen LogP contribution in [-0.4, -0.2) is 31.6 Å². The highest BCUT2D eigenvalue weighted by Crippen LogP contribution is 2.22. The predicted octanol–water partition coefficient (Wildman–Crippen LogP) is 3.39. The average molecular weight is 350 g/mol. The number of nitrogens with one attached hydrogen (secondary N) is 3. The molecule has 1 aromatic heterocycles. The van der Waals surface area contributed by atoms with Crippen LogP contribution in [0.2, 0.25) is 0 Å². The highest BCUT2D eigenvalue weighted by atomic mass is 16.5. The summed E-state index contributed by atoms with van der Waals surface area (Å²) in [5.74, 6) is 1.66. The Bertz CT molecular complexity index is 898. The van der Waals surface area contributed by atoms with Gasteiger partial charge >= 0.3 is 0 Å². The summed E-state index contributed by atoms with van der Waals surface area (Å²) in [6, 6.07) is 14.4. The van der Waals surface area contributed by atoms with Crippen molar-refractivity contribution in [1.82, 2.24) is 15.6 Å². The van der Waals surface area contributed by atoms with Gasteiger partial charge in [-0.1, -0.05) is 24.3 Å². The van der Waals surface area contributed by atoms with E-state index >= 15 is 0 Å². The minimum absolute atomic E-state index is 0.697. The van der Waals surface area contributed by atoms with Gasteiger partial charge in [0.1, 0.15) is 5.75 Å². The van der Waals surface area contributed by atoms with Crippen LogP contribution in [0.4, 0.5) is 0 Å². The number of aromatic nitrogens is 1. The number of guanidine groups is 1. The third-order valence-electron chi connectivity index (χ3n) is 4.50. The fraction of sp³-hybridized carbons (Fsp3) is 0.286. The van der Waals surface area contributed by atoms with Crippen LogP contribution in [0.3, 0.4) is 0 Å². The lowest BCUT2D eigenvalue weighted by molar-refractivity contribution is 0.414. The maximum absolute atomic E-state index is 5.26. The Morgan fingerprint density at radius 2 is 2.00 bits per heavy atom. The molecule has 3 rings (SSSR count). The topological polar surface area (TPSA) is 61.4 Å². The van der Waals surface area contributed by atoms with Gasteiger partial charge in [-0.25, -0.2) is 0 Å². The molecule has 0 atom stereocenters. The molecule has 3 N–H and O–H groups in total. The first-order valence-electron chi connectivity index (χ1n) is 8.84. The molecule has 0 aliphatic heterocycles. The number of fused-ring (bicyclic) bond motifs is 1. The van der Waals surface area contributed by atoms with Crippen LogP contribution in [0.15, 0.2) is 53.7 Å². The second-order valence-electron chi connectivity index (χ2n) is 6.27. The third kappa shape index (κ3) is 4.17. The van der Waals surface area contributed by atoms with Gasteiger partial charge in [0.05, 0.1) is 7.11 Å². The minimum atomic E-state index is 0.697. The van der Waals surface area contributed by atoms with E-state index in [-0.39, 0.29) is 0 Å². The number of aliphatic imine (C=N–C) groups is 1. The number of nitrogens with zero attached hydrogens (tertiary/aromatic N) is 1. The zero-order valence-corrected chi connectivity index (χ0v) is 15.6. The zero-order chi connectivity index (χ0) is 18.4. The van der Waals surface area contributed by atoms with Crippen LogP contribution in [-0.2, 0) is 13.0 Å². The molecule has 3 aromatic rings. The van der Waals surface area contributed by atoms with E-state index in [0.717, 1.165) is 30.2 Å². The number of aryl methyl sites for hydroxylation is 1. The van der Waals surface area contributed by atoms with Crippen molar-refractivity contribution >= 4 is 16.9 Å². The predicted molar refractivity (Wildman–Crippen MR) is 108 cm³/mol. The molecule has 26 heavy (non-hydrogen) atoms. The number of methoxy groups -OCH3 is 1. The molecule has 0 aliphatic rings. The van der Waals surface area contributed by atoms with E-state index in [1.165, 1.54) is 22.0 Å². The molecule has 2 aromatic carbocycles. The van der Waals surface area contributed by atoms with Gasteiger partial charge in [-0.05, 0) is 48.2 Å². The van der Waals surface area contributed by atoms with Gasteiger partial charge in [-0.2, -0.15) is 0 Å². The molecule has 1 heterocycles. The lowest BCUT2D eigenvalue weighted by Gasteiger charge is -2.12. The normalized spacial score (nSPS) is 11.6. The van der Waals surface area contributed by atoms with E-state index in [4.69, 9.17) is 4.74 Å². The number of hydrogen-bond acceptors (Lipinski definition) is 2. The highest BCUT2D eigenvalue weighted by Gasteiger charge is 2.06. The molecule has 0 unspecified atom stereocenters. The Hall–Kier alpha value is -2.95. The van der Waals surface area contributed by atoms with Crippen LogP contribution in [0.25, 0.3) is 10.9 Å². The Labute approximate surface area is 154 Å². The highest BCUT2D eigenvalue weighted by molar-refractivity contribution is 5.86. The molecule has 136 valence electrons. The van der Waals surface area contributed by atoms with Gasteiger partial charge in [-0.3, -0.25) is 4.99 Å². The van der Waals surface area contributed by atoms with E-state index in [2.05, 4.69) is 58.0 Å². The van der Waals surface area contributed by atoms with Gasteiger partial charge in [0, 0.05) is 37.2 Å². The van der Waals surface area contributed by atoms with Crippen LogP contribution in [0.5, 0.6) is 5.75 Å². The van der Waals surface area contributed by atoms with E-state index in [9.17, 15) is 0 Å². The second-order valence-corrected chi connectivity index (χ2v) is 6.27. The van der Waals surface area contributed by atoms with Crippen LogP contribution >= 0.6 is 0 Å². The van der Waals surface area contributed by atoms with Gasteiger partial charge in [-0.15, -0.1) is 0 Å². The number of benzene rings is 2. The first-order valence-corrected chi connectivity index (χ1v) is 8.84. The molecule has 0 aliphatic carbocycles. The van der Waals surface area contributed by atoms with Crippen molar-refractivity contribution in [2.45, 2.75) is 19.9 Å². The zero-order valence-electron chi connectivity index (χ0n) is 15.6. The molecular weight excluding hydrogens is 324 g/mol. The van der Waals surface area contributed by atoms with E-state index in [1.807, 2.05) is 18.2 Å². The molecule has 0 saturated carbocycles. The van der Waals surface area contributed by atoms with Crippen LogP contribution in [0.1, 0.15) is 16.7 Å². The monoisotopic (exact) mass is 350 g/mol. The number of H-pyrrole nitrogens is 1. The SMILES string of the molecule is CN=C(NCCc1c[nH]c2cccc(C)c12)NCc1cccc(OC)c1. The maximum atomic E-state index is 5.26. The van der Waals surface area contributed by atoms with Crippen molar-refractivity contribution in [2.24, 2.45) is 4.99 Å². The quantitative estimate of drug-likeness (QED) is 0.472. The van der Waals surface area contributed by atoms with Crippen molar-refractivity contribution in [3.8, 4) is 5.75 Å². The van der Waals surface area contributed by atoms with Crippen LogP contribution in [0, 0.1) is 6.92 Å². The van der Waals surface area contributed by atoms with Crippen molar-refractivity contribution in [3.63, 3.8) is 0 Å². The Kier molecular flexibility index (Phi) is 5.79. The van der Waals surface area contributed by atoms with Gasteiger partial charge in [0.2, 0.25) is 0 Å². The summed E-state index contributed by atoms with van der Waals surface area (Å²) in [7, 11) is 3.47. The summed E-state index contributed by atoms with van der Waals surface area (Å²) in [4.78, 5) is 7.65. The fourth-order valence-corrected chi connectivity index (χ4v) is 3.15. The lowest BCUT2D eigenvalue weighted by Crippen LogP contribution is -2.37. The van der Waals surface area contributed by atoms with Crippen molar-refractivity contribution < 1.29 is 4.74 Å². The lowest BCUT2D eigenvalue weighted by atomic mass is 10.1. The summed E-state index contributed by atoms with van der Waals surface area (Å²) in [5.41, 5.74) is 4.98. The molecule has 0 fully saturated rings. The van der Waals surface area contributed by atoms with Crippen molar-refractivity contribution in [1.29, 1.82) is 0 Å². The summed E-state index contributed by atoms with van der Waals surface area (Å²) in [6.07, 6.45) is 3.04. The standard InChI is InChI=1S/C21H26N4O/c1-15-6-4-9-19-20(15)17(14-24-19)10-11-23-21(22-2)25-13-16-7-5-8-18(12-16)26-3/h4-9,12,14,24H,10-11,13H2,1-3H3,(H2,22,23,25). The first kappa shape index (κ1) is 17.9. The molecule has 5 heteroatoms. The van der Waals surface area contributed by atoms with Gasteiger partial charge in [0.25, 0.3) is 0 Å². The average Bonchev–Trinajstić information content (AvgIpc) is 3.09. The number of ether oxygens (including phenoxy) is 1. The fourth-order valence-electron chi connectivity index (χ4n) is 3.15. The van der Waals surface area contributed by atoms with E-state index in [0.29, 0.717) is 6.54 Å². The second kappa shape index (κ2) is 8.43. The third-order valence-corrected chi connectivity index (χ3v) is 4.50. The van der Waals surface area contributed by atoms with E-state index in [1.54, 1.807) is 14.2 Å². The summed E-state index contributed by atoms with van der Waals surface area (Å²) in [6.45, 7) is 3.67. The Morgan fingerprint density at radius 3 is 2.81 bits per heavy atom. The largest absolute Gasteiger partial charge is 0.497 e.